The zero-order chi connectivity index (χ0) is 39.9. The topological polar surface area (TPSA) is 209 Å². The van der Waals surface area contributed by atoms with Gasteiger partial charge in [-0.15, -0.1) is 0 Å². The van der Waals surface area contributed by atoms with Crippen LogP contribution < -0.4 is 32.0 Å². The molecule has 0 radical (unpaired) electrons. The molecule has 6 aromatic rings. The van der Waals surface area contributed by atoms with E-state index in [9.17, 15) is 42.6 Å². The summed E-state index contributed by atoms with van der Waals surface area (Å²) in [6.45, 7) is -0.585. The number of hydrogen-bond donors (Lipinski definition) is 4. The second-order valence-electron chi connectivity index (χ2n) is 11.9. The van der Waals surface area contributed by atoms with Crippen LogP contribution in [0.2, 0.25) is 10.0 Å². The normalized spacial score (nSPS) is 13.1. The molecule has 0 unspecified atom stereocenters. The second kappa shape index (κ2) is 13.1. The molecule has 2 aromatic carbocycles. The van der Waals surface area contributed by atoms with Crippen LogP contribution in [-0.2, 0) is 0 Å². The van der Waals surface area contributed by atoms with Crippen molar-refractivity contribution < 1.29 is 50.9 Å². The Morgan fingerprint density at radius 1 is 0.691 bits per heavy atom. The molecular formula is C33H17Cl2F6N7O7. The lowest BCUT2D eigenvalue weighted by Gasteiger charge is -2.41. The largest absolute Gasteiger partial charge is 0.482 e. The molecule has 6 N–H and O–H groups in total. The zero-order valence-corrected chi connectivity index (χ0v) is 28.3. The lowest BCUT2D eigenvalue weighted by Crippen LogP contribution is -2.54. The van der Waals surface area contributed by atoms with Crippen LogP contribution in [0.25, 0.3) is 33.4 Å². The third kappa shape index (κ3) is 5.85. The quantitative estimate of drug-likeness (QED) is 0.156. The number of fused-ring (bicyclic) bond motifs is 2. The second-order valence-corrected chi connectivity index (χ2v) is 12.6. The van der Waals surface area contributed by atoms with Gasteiger partial charge in [-0.05, 0) is 12.1 Å². The lowest BCUT2D eigenvalue weighted by molar-refractivity contribution is 0.0684. The molecule has 1 saturated heterocycles. The number of pyridine rings is 4. The van der Waals surface area contributed by atoms with E-state index in [1.807, 2.05) is 0 Å². The number of carboxylic acid groups (broad SMARTS) is 2. The number of ether oxygens (including phenoxy) is 1. The molecular weight excluding hydrogens is 791 g/mol. The smallest absolute Gasteiger partial charge is 0.341 e. The Bertz CT molecular complexity index is 2850. The van der Waals surface area contributed by atoms with Crippen LogP contribution in [0.1, 0.15) is 20.7 Å². The van der Waals surface area contributed by atoms with Gasteiger partial charge in [0.15, 0.2) is 58.1 Å². The summed E-state index contributed by atoms with van der Waals surface area (Å²) in [5.41, 5.74) is 5.28. The molecule has 4 aromatic heterocycles. The first-order chi connectivity index (χ1) is 25.9. The first-order valence-corrected chi connectivity index (χ1v) is 15.9. The van der Waals surface area contributed by atoms with Gasteiger partial charge >= 0.3 is 11.9 Å². The zero-order valence-electron chi connectivity index (χ0n) is 26.8. The molecule has 0 saturated carbocycles. The molecule has 282 valence electrons. The molecule has 0 bridgehead atoms. The number of aromatic carboxylic acids is 2. The number of halogens is 8. The summed E-state index contributed by atoms with van der Waals surface area (Å²) in [7, 11) is 0. The standard InChI is InChI=1S/C33H17Cl2F6N7O7/c34-20-22-10(25(49)12(32(51)52)7-47(22)30-18(40)3-16(38)28(42)44-30)1-14(36)24(20)46-5-9(6-46)55-27-15(37)2-11-23(21(27)35)48(8-13(26(11)50)33(53)54)31-19(41)4-17(39)29(43)45-31/h1-4,7-9H,5-6H2,(H2,42,44)(H2,43,45)(H,51,52)(H,53,54). The van der Waals surface area contributed by atoms with Crippen molar-refractivity contribution in [1.29, 1.82) is 0 Å². The maximum atomic E-state index is 15.7. The van der Waals surface area contributed by atoms with Crippen LogP contribution in [0, 0.1) is 34.9 Å². The van der Waals surface area contributed by atoms with Crippen molar-refractivity contribution in [3.8, 4) is 17.4 Å². The molecule has 1 aliphatic rings. The van der Waals surface area contributed by atoms with Crippen LogP contribution >= 0.6 is 23.2 Å². The summed E-state index contributed by atoms with van der Waals surface area (Å²) in [5, 5.41) is 16.7. The molecule has 7 rings (SSSR count). The average Bonchev–Trinajstić information content (AvgIpc) is 3.08. The Hall–Kier alpha value is -6.54. The highest BCUT2D eigenvalue weighted by molar-refractivity contribution is 6.38. The number of anilines is 3. The molecule has 0 amide bonds. The predicted molar refractivity (Wildman–Crippen MR) is 184 cm³/mol. The van der Waals surface area contributed by atoms with Gasteiger partial charge in [0.05, 0.1) is 45.6 Å². The van der Waals surface area contributed by atoms with Gasteiger partial charge in [0, 0.05) is 24.5 Å². The van der Waals surface area contributed by atoms with E-state index in [1.165, 1.54) is 4.90 Å². The Balaban J connectivity index is 1.30. The van der Waals surface area contributed by atoms with Gasteiger partial charge in [0.2, 0.25) is 10.9 Å². The Labute approximate surface area is 309 Å². The first-order valence-electron chi connectivity index (χ1n) is 15.2. The van der Waals surface area contributed by atoms with Crippen molar-refractivity contribution >= 4 is 74.3 Å². The summed E-state index contributed by atoms with van der Waals surface area (Å²) in [6.07, 6.45) is 0.230. The van der Waals surface area contributed by atoms with E-state index in [0.29, 0.717) is 45.8 Å². The van der Waals surface area contributed by atoms with Gasteiger partial charge in [-0.1, -0.05) is 23.2 Å². The first kappa shape index (κ1) is 36.8. The van der Waals surface area contributed by atoms with Crippen LogP contribution in [0.5, 0.6) is 5.75 Å². The molecule has 1 fully saturated rings. The highest BCUT2D eigenvalue weighted by Crippen LogP contribution is 2.41. The highest BCUT2D eigenvalue weighted by atomic mass is 35.5. The number of nitrogens with two attached hydrogens (primary N) is 2. The fourth-order valence-corrected chi connectivity index (χ4v) is 6.71. The van der Waals surface area contributed by atoms with Crippen LogP contribution in [0.3, 0.4) is 0 Å². The molecule has 5 heterocycles. The number of nitrogens with zero attached hydrogens (tertiary/aromatic N) is 5. The number of benzene rings is 2. The predicted octanol–water partition coefficient (Wildman–Crippen LogP) is 5.05. The molecule has 0 aliphatic carbocycles. The SMILES string of the molecule is Nc1nc(-n2cc(C(=O)O)c(=O)c3cc(F)c(OC4CN(c5c(F)cc6c(=O)c(C(=O)O)cn(-c7nc(N)c(F)cc7F)c6c5Cl)C4)c(Cl)c32)c(F)cc1F. The Morgan fingerprint density at radius 3 is 1.58 bits per heavy atom. The van der Waals surface area contributed by atoms with Gasteiger partial charge in [-0.25, -0.2) is 45.9 Å². The number of rotatable bonds is 7. The van der Waals surface area contributed by atoms with Gasteiger partial charge < -0.3 is 31.3 Å². The monoisotopic (exact) mass is 807 g/mol. The molecule has 1 aliphatic heterocycles. The third-order valence-corrected chi connectivity index (χ3v) is 9.25. The van der Waals surface area contributed by atoms with E-state index in [4.69, 9.17) is 39.4 Å². The minimum absolute atomic E-state index is 0.293. The van der Waals surface area contributed by atoms with Crippen LogP contribution in [0.4, 0.5) is 43.7 Å². The number of aromatic nitrogens is 4. The molecule has 14 nitrogen and oxygen atoms in total. The Kier molecular flexibility index (Phi) is 8.76. The molecule has 22 heteroatoms. The number of carbonyl (C=O) groups is 2. The van der Waals surface area contributed by atoms with E-state index in [0.717, 1.165) is 0 Å². The summed E-state index contributed by atoms with van der Waals surface area (Å²) in [4.78, 5) is 58.3. The minimum atomic E-state index is -1.79. The minimum Gasteiger partial charge on any atom is -0.482 e. The lowest BCUT2D eigenvalue weighted by atomic mass is 10.1. The summed E-state index contributed by atoms with van der Waals surface area (Å²) in [5.74, 6) is -15.2. The van der Waals surface area contributed by atoms with E-state index in [-0.39, 0.29) is 13.1 Å². The van der Waals surface area contributed by atoms with Crippen molar-refractivity contribution in [2.45, 2.75) is 6.10 Å². The number of nitrogen functional groups attached to an aromatic ring is 2. The van der Waals surface area contributed by atoms with Crippen molar-refractivity contribution in [2.75, 3.05) is 29.5 Å². The van der Waals surface area contributed by atoms with Crippen LogP contribution in [0.15, 0.2) is 46.2 Å². The molecule has 0 spiro atoms. The van der Waals surface area contributed by atoms with Gasteiger partial charge in [-0.3, -0.25) is 18.7 Å². The van der Waals surface area contributed by atoms with E-state index in [1.54, 1.807) is 0 Å². The van der Waals surface area contributed by atoms with Crippen molar-refractivity contribution in [3.63, 3.8) is 0 Å². The van der Waals surface area contributed by atoms with E-state index < -0.39 is 141 Å². The fourth-order valence-electron chi connectivity index (χ4n) is 5.98. The summed E-state index contributed by atoms with van der Waals surface area (Å²) in [6, 6.07) is 1.90. The van der Waals surface area contributed by atoms with Gasteiger partial charge in [0.1, 0.15) is 28.1 Å². The molecule has 0 atom stereocenters. The summed E-state index contributed by atoms with van der Waals surface area (Å²) >= 11 is 13.1. The Morgan fingerprint density at radius 2 is 1.13 bits per heavy atom. The van der Waals surface area contributed by atoms with Gasteiger partial charge in [-0.2, -0.15) is 0 Å². The van der Waals surface area contributed by atoms with Crippen molar-refractivity contribution in [1.82, 2.24) is 19.1 Å². The van der Waals surface area contributed by atoms with Crippen molar-refractivity contribution in [3.05, 3.63) is 113 Å². The highest BCUT2D eigenvalue weighted by Gasteiger charge is 2.36. The molecule has 55 heavy (non-hydrogen) atoms. The average molecular weight is 808 g/mol. The number of carboxylic acids is 2. The maximum Gasteiger partial charge on any atom is 0.341 e. The van der Waals surface area contributed by atoms with E-state index in [2.05, 4.69) is 9.97 Å². The summed E-state index contributed by atoms with van der Waals surface area (Å²) < 4.78 is 96.3. The van der Waals surface area contributed by atoms with Gasteiger partial charge in [0.25, 0.3) is 0 Å². The fraction of sp³-hybridized carbons (Fsp3) is 0.0909. The van der Waals surface area contributed by atoms with Crippen LogP contribution in [-0.4, -0.2) is 60.4 Å². The number of hydrogen-bond acceptors (Lipinski definition) is 10. The third-order valence-electron chi connectivity index (χ3n) is 8.54. The van der Waals surface area contributed by atoms with Crippen molar-refractivity contribution in [2.24, 2.45) is 0 Å². The maximum absolute atomic E-state index is 15.7. The van der Waals surface area contributed by atoms with E-state index >= 15 is 13.2 Å².